The number of fused-ring (bicyclic) bond motifs is 6. The molecule has 0 radical (unpaired) electrons. The van der Waals surface area contributed by atoms with E-state index in [2.05, 4.69) is 0 Å². The summed E-state index contributed by atoms with van der Waals surface area (Å²) in [6.07, 6.45) is 8.26. The van der Waals surface area contributed by atoms with E-state index >= 15 is 0 Å². The van der Waals surface area contributed by atoms with Crippen LogP contribution in [-0.2, 0) is 26.0 Å². The second-order valence-corrected chi connectivity index (χ2v) is 11.6. The highest BCUT2D eigenvalue weighted by atomic mass is 32.2. The fourth-order valence-corrected chi connectivity index (χ4v) is 7.25. The average molecular weight is 484 g/mol. The van der Waals surface area contributed by atoms with Crippen LogP contribution in [0.1, 0.15) is 79.2 Å². The van der Waals surface area contributed by atoms with Crippen molar-refractivity contribution in [2.75, 3.05) is 7.11 Å². The van der Waals surface area contributed by atoms with Crippen molar-refractivity contribution in [3.05, 3.63) is 65.0 Å². The van der Waals surface area contributed by atoms with E-state index in [9.17, 15) is 18.0 Å². The number of aryl methyl sites for hydroxylation is 2. The van der Waals surface area contributed by atoms with Gasteiger partial charge in [-0.2, -0.15) is 0 Å². The second-order valence-electron chi connectivity index (χ2n) is 9.81. The lowest BCUT2D eigenvalue weighted by Gasteiger charge is -2.33. The number of ether oxygens (including phenoxy) is 1. The van der Waals surface area contributed by atoms with Gasteiger partial charge in [0.15, 0.2) is 5.78 Å². The molecule has 7 heteroatoms. The Morgan fingerprint density at radius 3 is 2.47 bits per heavy atom. The molecule has 2 aromatic rings. The summed E-state index contributed by atoms with van der Waals surface area (Å²) >= 11 is 0. The minimum Gasteiger partial charge on any atom is -0.468 e. The minimum absolute atomic E-state index is 0.0754. The highest BCUT2D eigenvalue weighted by molar-refractivity contribution is 7.90. The van der Waals surface area contributed by atoms with Gasteiger partial charge in [0.25, 0.3) is 10.0 Å². The quantitative estimate of drug-likeness (QED) is 0.339. The van der Waals surface area contributed by atoms with Gasteiger partial charge in [-0.1, -0.05) is 50.1 Å². The van der Waals surface area contributed by atoms with E-state index in [0.29, 0.717) is 17.7 Å². The van der Waals surface area contributed by atoms with E-state index in [0.717, 1.165) is 31.2 Å². The molecule has 0 spiro atoms. The molecule has 2 heterocycles. The Morgan fingerprint density at radius 1 is 1.12 bits per heavy atom. The van der Waals surface area contributed by atoms with Gasteiger partial charge >= 0.3 is 5.97 Å². The van der Waals surface area contributed by atoms with Crippen molar-refractivity contribution in [2.24, 2.45) is 11.3 Å². The Labute approximate surface area is 202 Å². The molecule has 1 aliphatic heterocycles. The first-order valence-corrected chi connectivity index (χ1v) is 13.4. The number of aromatic nitrogens is 1. The third-order valence-corrected chi connectivity index (χ3v) is 9.00. The predicted octanol–water partition coefficient (Wildman–Crippen LogP) is 5.19. The van der Waals surface area contributed by atoms with Gasteiger partial charge in [-0.25, -0.2) is 12.4 Å². The molecular weight excluding hydrogens is 450 g/mol. The van der Waals surface area contributed by atoms with Crippen molar-refractivity contribution in [3.8, 4) is 0 Å². The Kier molecular flexibility index (Phi) is 6.60. The highest BCUT2D eigenvalue weighted by Crippen LogP contribution is 2.55. The molecule has 6 nitrogen and oxygen atoms in total. The Morgan fingerprint density at radius 2 is 1.82 bits per heavy atom. The van der Waals surface area contributed by atoms with Crippen molar-refractivity contribution in [2.45, 2.75) is 70.1 Å². The molecule has 2 atom stereocenters. The Balaban J connectivity index is 2.03. The number of benzene rings is 1. The Bertz CT molecular complexity index is 1240. The fourth-order valence-electron chi connectivity index (χ4n) is 5.67. The molecule has 1 aromatic carbocycles. The van der Waals surface area contributed by atoms with E-state index < -0.39 is 33.1 Å². The number of hydrogen-bond acceptors (Lipinski definition) is 5. The molecule has 0 unspecified atom stereocenters. The highest BCUT2D eigenvalue weighted by Gasteiger charge is 2.61. The van der Waals surface area contributed by atoms with Crippen molar-refractivity contribution in [1.29, 1.82) is 0 Å². The van der Waals surface area contributed by atoms with Gasteiger partial charge < -0.3 is 4.74 Å². The summed E-state index contributed by atoms with van der Waals surface area (Å²) in [5.74, 6) is -1.61. The molecule has 34 heavy (non-hydrogen) atoms. The summed E-state index contributed by atoms with van der Waals surface area (Å²) in [6.45, 7) is 5.84. The van der Waals surface area contributed by atoms with Gasteiger partial charge in [0.1, 0.15) is 11.1 Å². The van der Waals surface area contributed by atoms with Gasteiger partial charge in [0.05, 0.1) is 12.0 Å². The zero-order chi connectivity index (χ0) is 24.7. The summed E-state index contributed by atoms with van der Waals surface area (Å²) in [7, 11) is -2.75. The van der Waals surface area contributed by atoms with Gasteiger partial charge in [0, 0.05) is 11.6 Å². The van der Waals surface area contributed by atoms with Crippen molar-refractivity contribution in [3.63, 3.8) is 0 Å². The third-order valence-electron chi connectivity index (χ3n) is 7.23. The number of carbonyl (C=O) groups excluding carboxylic acids is 2. The average Bonchev–Trinajstić information content (AvgIpc) is 3.28. The number of Topliss-reactive ketones (excluding diaryl/α,β-unsaturated/α-hetero) is 1. The monoisotopic (exact) mass is 483 g/mol. The van der Waals surface area contributed by atoms with Crippen LogP contribution in [0.25, 0.3) is 0 Å². The molecule has 0 fully saturated rings. The predicted molar refractivity (Wildman–Crippen MR) is 130 cm³/mol. The van der Waals surface area contributed by atoms with Crippen LogP contribution in [0.2, 0.25) is 0 Å². The van der Waals surface area contributed by atoms with Crippen LogP contribution < -0.4 is 0 Å². The number of allylic oxidation sites excluding steroid dienone is 2. The molecule has 182 valence electrons. The molecule has 0 saturated carbocycles. The van der Waals surface area contributed by atoms with E-state index in [4.69, 9.17) is 4.74 Å². The zero-order valence-corrected chi connectivity index (χ0v) is 21.2. The first kappa shape index (κ1) is 24.5. The smallest absolute Gasteiger partial charge is 0.320 e. The summed E-state index contributed by atoms with van der Waals surface area (Å²) in [4.78, 5) is 27.6. The number of hydrogen-bond donors (Lipinski definition) is 0. The zero-order valence-electron chi connectivity index (χ0n) is 20.3. The van der Waals surface area contributed by atoms with Crippen LogP contribution in [0.15, 0.2) is 47.4 Å². The van der Waals surface area contributed by atoms with Crippen molar-refractivity contribution >= 4 is 21.8 Å². The van der Waals surface area contributed by atoms with Crippen LogP contribution in [0.3, 0.4) is 0 Å². The third kappa shape index (κ3) is 3.74. The maximum atomic E-state index is 14.2. The van der Waals surface area contributed by atoms with E-state index in [1.165, 1.54) is 11.1 Å². The summed E-state index contributed by atoms with van der Waals surface area (Å²) in [5.41, 5.74) is 0.843. The first-order chi connectivity index (χ1) is 16.2. The number of methoxy groups -OCH3 is 1. The SMILES string of the molecule is COC(=O)[C@@]12C/C=C/CCCCCc3cc(c(n3S(=O)(=O)c3ccc(C)cc3)C1=O)[C@H]2C(C)C. The second kappa shape index (κ2) is 9.17. The molecule has 0 amide bonds. The normalized spacial score (nSPS) is 23.9. The molecule has 3 aliphatic rings. The summed E-state index contributed by atoms with van der Waals surface area (Å²) in [6, 6.07) is 8.51. The standard InChI is InChI=1S/C27H33NO5S/c1-18(2)23-22-17-20-11-9-7-5-6-8-10-16-27(23,26(30)33-4)25(29)24(22)28(20)34(31,32)21-14-12-19(3)13-15-21/h8,10,12-15,17-18,23H,5-7,9,11,16H2,1-4H3/b10-8+/t23-,27-/m1/s1. The van der Waals surface area contributed by atoms with Gasteiger partial charge in [-0.3, -0.25) is 9.59 Å². The molecule has 0 N–H and O–H groups in total. The van der Waals surface area contributed by atoms with Crippen molar-refractivity contribution in [1.82, 2.24) is 3.97 Å². The molecule has 2 aliphatic carbocycles. The van der Waals surface area contributed by atoms with Crippen molar-refractivity contribution < 1.29 is 22.7 Å². The largest absolute Gasteiger partial charge is 0.468 e. The van der Waals surface area contributed by atoms with Crippen LogP contribution >= 0.6 is 0 Å². The van der Waals surface area contributed by atoms with Crippen LogP contribution in [0.4, 0.5) is 0 Å². The van der Waals surface area contributed by atoms with E-state index in [1.807, 2.05) is 39.0 Å². The van der Waals surface area contributed by atoms with Crippen LogP contribution in [0, 0.1) is 18.3 Å². The Hall–Kier alpha value is -2.67. The van der Waals surface area contributed by atoms with Crippen LogP contribution in [0.5, 0.6) is 0 Å². The maximum Gasteiger partial charge on any atom is 0.320 e. The lowest BCUT2D eigenvalue weighted by molar-refractivity contribution is -0.151. The lowest BCUT2D eigenvalue weighted by atomic mass is 9.68. The molecular formula is C27H33NO5S. The van der Waals surface area contributed by atoms with Crippen LogP contribution in [-0.4, -0.2) is 31.3 Å². The molecule has 0 saturated heterocycles. The number of nitrogens with zero attached hydrogens (tertiary/aromatic N) is 1. The first-order valence-electron chi connectivity index (χ1n) is 12.0. The summed E-state index contributed by atoms with van der Waals surface area (Å²) in [5, 5.41) is 0. The molecule has 4 bridgehead atoms. The fraction of sp³-hybridized carbons (Fsp3) is 0.481. The molecule has 1 aromatic heterocycles. The number of ketones is 1. The number of carbonyl (C=O) groups is 2. The number of esters is 1. The number of rotatable bonds is 4. The molecule has 5 rings (SSSR count). The van der Waals surface area contributed by atoms with Gasteiger partial charge in [0.2, 0.25) is 0 Å². The maximum absolute atomic E-state index is 14.2. The van der Waals surface area contributed by atoms with Gasteiger partial charge in [-0.05, 0) is 68.7 Å². The van der Waals surface area contributed by atoms with Gasteiger partial charge in [-0.15, -0.1) is 0 Å². The topological polar surface area (TPSA) is 82.4 Å². The van der Waals surface area contributed by atoms with E-state index in [-0.39, 0.29) is 22.9 Å². The minimum atomic E-state index is -4.04. The summed E-state index contributed by atoms with van der Waals surface area (Å²) < 4.78 is 34.3. The lowest BCUT2D eigenvalue weighted by Crippen LogP contribution is -2.43. The van der Waals surface area contributed by atoms with E-state index in [1.54, 1.807) is 24.3 Å².